The predicted octanol–water partition coefficient (Wildman–Crippen LogP) is 2.89. The second-order valence-electron chi connectivity index (χ2n) is 5.73. The Bertz CT molecular complexity index is 261. The predicted molar refractivity (Wildman–Crippen MR) is 68.0 cm³/mol. The number of likely N-dealkylation sites (tertiary alicyclic amines) is 1. The standard InChI is InChI=1S/C14H25NO2/c1-11(12-7-3-2-4-8-12)15-10-6-5-9-13(15)14(16)17/h11-13H,2-10H2,1H3,(H,16,17). The smallest absolute Gasteiger partial charge is 0.320 e. The first-order valence-electron chi connectivity index (χ1n) is 7.18. The van der Waals surface area contributed by atoms with E-state index in [1.54, 1.807) is 0 Å². The van der Waals surface area contributed by atoms with E-state index in [1.165, 1.54) is 38.5 Å². The van der Waals surface area contributed by atoms with E-state index in [0.29, 0.717) is 6.04 Å². The van der Waals surface area contributed by atoms with Gasteiger partial charge in [0.1, 0.15) is 6.04 Å². The van der Waals surface area contributed by atoms with Crippen molar-refractivity contribution in [2.45, 2.75) is 70.4 Å². The van der Waals surface area contributed by atoms with Crippen molar-refractivity contribution in [3.05, 3.63) is 0 Å². The zero-order chi connectivity index (χ0) is 12.3. The van der Waals surface area contributed by atoms with Crippen molar-refractivity contribution >= 4 is 5.97 Å². The zero-order valence-corrected chi connectivity index (χ0v) is 10.9. The summed E-state index contributed by atoms with van der Waals surface area (Å²) in [6.07, 6.45) is 9.71. The fraction of sp³-hybridized carbons (Fsp3) is 0.929. The number of carbonyl (C=O) groups is 1. The van der Waals surface area contributed by atoms with Crippen LogP contribution in [0.4, 0.5) is 0 Å². The maximum absolute atomic E-state index is 11.3. The van der Waals surface area contributed by atoms with Crippen LogP contribution in [0.2, 0.25) is 0 Å². The summed E-state index contributed by atoms with van der Waals surface area (Å²) < 4.78 is 0. The first-order valence-corrected chi connectivity index (χ1v) is 7.18. The average molecular weight is 239 g/mol. The second kappa shape index (κ2) is 5.85. The molecule has 2 fully saturated rings. The fourth-order valence-corrected chi connectivity index (χ4v) is 3.59. The summed E-state index contributed by atoms with van der Waals surface area (Å²) >= 11 is 0. The highest BCUT2D eigenvalue weighted by atomic mass is 16.4. The molecule has 2 aliphatic rings. The summed E-state index contributed by atoms with van der Waals surface area (Å²) in [6, 6.07) is 0.234. The minimum absolute atomic E-state index is 0.222. The zero-order valence-electron chi connectivity index (χ0n) is 10.9. The molecule has 0 aromatic rings. The number of piperidine rings is 1. The van der Waals surface area contributed by atoms with Crippen LogP contribution in [0.15, 0.2) is 0 Å². The van der Waals surface area contributed by atoms with Crippen LogP contribution in [0.25, 0.3) is 0 Å². The number of hydrogen-bond acceptors (Lipinski definition) is 2. The Morgan fingerprint density at radius 1 is 1.12 bits per heavy atom. The molecule has 17 heavy (non-hydrogen) atoms. The molecule has 3 heteroatoms. The van der Waals surface area contributed by atoms with Crippen molar-refractivity contribution in [3.63, 3.8) is 0 Å². The summed E-state index contributed by atoms with van der Waals surface area (Å²) in [5.74, 6) is 0.107. The summed E-state index contributed by atoms with van der Waals surface area (Å²) in [5.41, 5.74) is 0. The van der Waals surface area contributed by atoms with Gasteiger partial charge in [-0.05, 0) is 45.1 Å². The maximum Gasteiger partial charge on any atom is 0.320 e. The van der Waals surface area contributed by atoms with Crippen molar-refractivity contribution in [3.8, 4) is 0 Å². The highest BCUT2D eigenvalue weighted by molar-refractivity contribution is 5.73. The van der Waals surface area contributed by atoms with Gasteiger partial charge >= 0.3 is 5.97 Å². The van der Waals surface area contributed by atoms with Crippen LogP contribution in [0.3, 0.4) is 0 Å². The van der Waals surface area contributed by atoms with Crippen molar-refractivity contribution in [1.82, 2.24) is 4.90 Å². The Balaban J connectivity index is 1.99. The SMILES string of the molecule is CC(C1CCCCC1)N1CCCCC1C(=O)O. The Kier molecular flexibility index (Phi) is 4.43. The van der Waals surface area contributed by atoms with Crippen molar-refractivity contribution in [1.29, 1.82) is 0 Å². The van der Waals surface area contributed by atoms with Gasteiger partial charge in [0.15, 0.2) is 0 Å². The quantitative estimate of drug-likeness (QED) is 0.823. The van der Waals surface area contributed by atoms with Gasteiger partial charge in [0.2, 0.25) is 0 Å². The minimum atomic E-state index is -0.618. The molecule has 1 aliphatic carbocycles. The Hall–Kier alpha value is -0.570. The molecule has 1 saturated carbocycles. The van der Waals surface area contributed by atoms with Gasteiger partial charge in [-0.1, -0.05) is 25.7 Å². The lowest BCUT2D eigenvalue weighted by Gasteiger charge is -2.42. The number of rotatable bonds is 3. The number of nitrogens with zero attached hydrogens (tertiary/aromatic N) is 1. The van der Waals surface area contributed by atoms with E-state index in [1.807, 2.05) is 0 Å². The van der Waals surface area contributed by atoms with E-state index < -0.39 is 5.97 Å². The highest BCUT2D eigenvalue weighted by Crippen LogP contribution is 2.31. The lowest BCUT2D eigenvalue weighted by atomic mass is 9.82. The monoisotopic (exact) mass is 239 g/mol. The van der Waals surface area contributed by atoms with Gasteiger partial charge in [-0.2, -0.15) is 0 Å². The molecule has 1 saturated heterocycles. The summed E-state index contributed by atoms with van der Waals surface area (Å²) in [4.78, 5) is 13.6. The van der Waals surface area contributed by atoms with Crippen LogP contribution in [0, 0.1) is 5.92 Å². The largest absolute Gasteiger partial charge is 0.480 e. The third-order valence-electron chi connectivity index (χ3n) is 4.68. The summed E-state index contributed by atoms with van der Waals surface area (Å²) in [5, 5.41) is 9.31. The van der Waals surface area contributed by atoms with Gasteiger partial charge in [0.05, 0.1) is 0 Å². The van der Waals surface area contributed by atoms with Crippen LogP contribution in [0.5, 0.6) is 0 Å². The molecule has 0 aromatic heterocycles. The molecule has 2 rings (SSSR count). The number of aliphatic carboxylic acids is 1. The van der Waals surface area contributed by atoms with Crippen molar-refractivity contribution in [2.24, 2.45) is 5.92 Å². The summed E-state index contributed by atoms with van der Waals surface area (Å²) in [7, 11) is 0. The normalized spacial score (nSPS) is 30.1. The van der Waals surface area contributed by atoms with Crippen LogP contribution in [0.1, 0.15) is 58.3 Å². The van der Waals surface area contributed by atoms with Crippen LogP contribution in [-0.2, 0) is 4.79 Å². The van der Waals surface area contributed by atoms with Gasteiger partial charge in [0.25, 0.3) is 0 Å². The number of carboxylic acid groups (broad SMARTS) is 1. The molecule has 1 aliphatic heterocycles. The van der Waals surface area contributed by atoms with E-state index in [4.69, 9.17) is 0 Å². The second-order valence-corrected chi connectivity index (χ2v) is 5.73. The number of carboxylic acids is 1. The summed E-state index contributed by atoms with van der Waals surface area (Å²) in [6.45, 7) is 3.23. The molecule has 98 valence electrons. The van der Waals surface area contributed by atoms with E-state index >= 15 is 0 Å². The van der Waals surface area contributed by atoms with Crippen LogP contribution >= 0.6 is 0 Å². The van der Waals surface area contributed by atoms with E-state index in [2.05, 4.69) is 11.8 Å². The third kappa shape index (κ3) is 3.01. The average Bonchev–Trinajstić information content (AvgIpc) is 2.39. The molecular weight excluding hydrogens is 214 g/mol. The molecular formula is C14H25NO2. The highest BCUT2D eigenvalue weighted by Gasteiger charge is 2.34. The van der Waals surface area contributed by atoms with Crippen LogP contribution in [-0.4, -0.2) is 34.6 Å². The Morgan fingerprint density at radius 2 is 1.76 bits per heavy atom. The molecule has 3 nitrogen and oxygen atoms in total. The maximum atomic E-state index is 11.3. The van der Waals surface area contributed by atoms with Crippen LogP contribution < -0.4 is 0 Å². The molecule has 1 N–H and O–H groups in total. The first-order chi connectivity index (χ1) is 8.20. The topological polar surface area (TPSA) is 40.5 Å². The lowest BCUT2D eigenvalue weighted by molar-refractivity contribution is -0.146. The third-order valence-corrected chi connectivity index (χ3v) is 4.68. The fourth-order valence-electron chi connectivity index (χ4n) is 3.59. The molecule has 1 heterocycles. The molecule has 0 bridgehead atoms. The minimum Gasteiger partial charge on any atom is -0.480 e. The van der Waals surface area contributed by atoms with E-state index in [0.717, 1.165) is 25.3 Å². The Morgan fingerprint density at radius 3 is 2.41 bits per heavy atom. The molecule has 0 amide bonds. The van der Waals surface area contributed by atoms with E-state index in [9.17, 15) is 9.90 Å². The van der Waals surface area contributed by atoms with Crippen molar-refractivity contribution < 1.29 is 9.90 Å². The molecule has 2 unspecified atom stereocenters. The van der Waals surface area contributed by atoms with Gasteiger partial charge in [0, 0.05) is 6.04 Å². The first kappa shape index (κ1) is 12.9. The molecule has 0 aromatic carbocycles. The van der Waals surface area contributed by atoms with E-state index in [-0.39, 0.29) is 6.04 Å². The van der Waals surface area contributed by atoms with Gasteiger partial charge in [-0.25, -0.2) is 0 Å². The Labute approximate surface area is 104 Å². The molecule has 0 radical (unpaired) electrons. The van der Waals surface area contributed by atoms with Gasteiger partial charge in [-0.15, -0.1) is 0 Å². The molecule has 0 spiro atoms. The van der Waals surface area contributed by atoms with Gasteiger partial charge in [-0.3, -0.25) is 9.69 Å². The lowest BCUT2D eigenvalue weighted by Crippen LogP contribution is -2.51. The van der Waals surface area contributed by atoms with Gasteiger partial charge < -0.3 is 5.11 Å². The molecule has 2 atom stereocenters. The number of hydrogen-bond donors (Lipinski definition) is 1. The van der Waals surface area contributed by atoms with Crippen molar-refractivity contribution in [2.75, 3.05) is 6.54 Å².